The SMILES string of the molecule is CCOC(=O)C1CCOc2cc(Oc3ccc(C(=O)NCCc4ccc(Br)cc4Cl)cc3)c(Cl)cc21. The highest BCUT2D eigenvalue weighted by Crippen LogP contribution is 2.42. The molecule has 1 aliphatic heterocycles. The second-order valence-corrected chi connectivity index (χ2v) is 9.86. The van der Waals surface area contributed by atoms with Crippen LogP contribution in [0, 0.1) is 0 Å². The molecule has 0 radical (unpaired) electrons. The Labute approximate surface area is 228 Å². The summed E-state index contributed by atoms with van der Waals surface area (Å²) in [5.74, 6) is 0.537. The summed E-state index contributed by atoms with van der Waals surface area (Å²) < 4.78 is 17.8. The molecule has 0 saturated carbocycles. The summed E-state index contributed by atoms with van der Waals surface area (Å²) in [5, 5.41) is 3.90. The normalized spacial score (nSPS) is 14.4. The highest BCUT2D eigenvalue weighted by molar-refractivity contribution is 9.10. The number of carbonyl (C=O) groups is 2. The molecule has 9 heteroatoms. The summed E-state index contributed by atoms with van der Waals surface area (Å²) >= 11 is 16.1. The van der Waals surface area contributed by atoms with Crippen molar-refractivity contribution < 1.29 is 23.8 Å². The molecule has 1 amide bonds. The number of rotatable bonds is 8. The molecule has 0 spiro atoms. The lowest BCUT2D eigenvalue weighted by Crippen LogP contribution is -2.25. The van der Waals surface area contributed by atoms with E-state index in [2.05, 4.69) is 21.2 Å². The molecule has 0 fully saturated rings. The third-order valence-corrected chi connectivity index (χ3v) is 6.85. The van der Waals surface area contributed by atoms with Crippen molar-refractivity contribution in [2.24, 2.45) is 0 Å². The molecule has 0 saturated heterocycles. The van der Waals surface area contributed by atoms with Crippen LogP contribution in [0.1, 0.15) is 40.7 Å². The Hall–Kier alpha value is -2.74. The maximum atomic E-state index is 12.5. The van der Waals surface area contributed by atoms with Gasteiger partial charge >= 0.3 is 5.97 Å². The standard InChI is InChI=1S/C27H24BrCl2NO5/c1-2-34-27(33)20-10-12-35-24-15-25(23(30)14-21(20)24)36-19-7-4-17(5-8-19)26(32)31-11-9-16-3-6-18(28)13-22(16)29/h3-8,13-15,20H,2,9-12H2,1H3,(H,31,32). The van der Waals surface area contributed by atoms with Crippen LogP contribution in [-0.2, 0) is 16.0 Å². The van der Waals surface area contributed by atoms with E-state index in [-0.39, 0.29) is 11.9 Å². The molecule has 1 unspecified atom stereocenters. The van der Waals surface area contributed by atoms with Gasteiger partial charge in [0, 0.05) is 33.2 Å². The second-order valence-electron chi connectivity index (χ2n) is 8.13. The van der Waals surface area contributed by atoms with Gasteiger partial charge in [-0.15, -0.1) is 0 Å². The van der Waals surface area contributed by atoms with Crippen LogP contribution in [0.2, 0.25) is 10.0 Å². The lowest BCUT2D eigenvalue weighted by molar-refractivity contribution is -0.145. The lowest BCUT2D eigenvalue weighted by atomic mass is 9.93. The van der Waals surface area contributed by atoms with Crippen LogP contribution in [-0.4, -0.2) is 31.6 Å². The van der Waals surface area contributed by atoms with Gasteiger partial charge in [0.1, 0.15) is 17.2 Å². The molecule has 0 aliphatic carbocycles. The Morgan fingerprint density at radius 3 is 2.58 bits per heavy atom. The highest BCUT2D eigenvalue weighted by atomic mass is 79.9. The van der Waals surface area contributed by atoms with E-state index in [9.17, 15) is 9.59 Å². The number of nitrogens with one attached hydrogen (secondary N) is 1. The van der Waals surface area contributed by atoms with Gasteiger partial charge in [-0.3, -0.25) is 9.59 Å². The van der Waals surface area contributed by atoms with Gasteiger partial charge in [0.05, 0.1) is 24.2 Å². The van der Waals surface area contributed by atoms with Crippen LogP contribution in [0.15, 0.2) is 59.1 Å². The molecule has 188 valence electrons. The van der Waals surface area contributed by atoms with Crippen molar-refractivity contribution in [1.29, 1.82) is 0 Å². The van der Waals surface area contributed by atoms with E-state index in [1.807, 2.05) is 18.2 Å². The third-order valence-electron chi connectivity index (χ3n) is 5.71. The third kappa shape index (κ3) is 6.33. The summed E-state index contributed by atoms with van der Waals surface area (Å²) in [6, 6.07) is 15.8. The van der Waals surface area contributed by atoms with E-state index in [0.717, 1.165) is 10.0 Å². The average Bonchev–Trinajstić information content (AvgIpc) is 2.86. The summed E-state index contributed by atoms with van der Waals surface area (Å²) in [5.41, 5.74) is 2.15. The number of amides is 1. The zero-order valence-electron chi connectivity index (χ0n) is 19.5. The lowest BCUT2D eigenvalue weighted by Gasteiger charge is -2.25. The maximum Gasteiger partial charge on any atom is 0.313 e. The van der Waals surface area contributed by atoms with Crippen LogP contribution < -0.4 is 14.8 Å². The quantitative estimate of drug-likeness (QED) is 0.287. The minimum absolute atomic E-state index is 0.194. The fourth-order valence-corrected chi connectivity index (χ4v) is 4.87. The van der Waals surface area contributed by atoms with Crippen molar-refractivity contribution in [1.82, 2.24) is 5.32 Å². The minimum Gasteiger partial charge on any atom is -0.493 e. The number of halogens is 3. The zero-order chi connectivity index (χ0) is 25.7. The number of carbonyl (C=O) groups excluding carboxylic acids is 2. The van der Waals surface area contributed by atoms with Crippen LogP contribution in [0.3, 0.4) is 0 Å². The molecule has 0 aromatic heterocycles. The first-order valence-electron chi connectivity index (χ1n) is 11.5. The smallest absolute Gasteiger partial charge is 0.313 e. The molecule has 0 bridgehead atoms. The molecule has 3 aromatic rings. The minimum atomic E-state index is -0.419. The molecule has 1 atom stereocenters. The molecule has 6 nitrogen and oxygen atoms in total. The Kier molecular flexibility index (Phi) is 8.77. The predicted molar refractivity (Wildman–Crippen MR) is 143 cm³/mol. The fraction of sp³-hybridized carbons (Fsp3) is 0.259. The van der Waals surface area contributed by atoms with Gasteiger partial charge in [0.2, 0.25) is 0 Å². The van der Waals surface area contributed by atoms with Gasteiger partial charge in [-0.05, 0) is 67.8 Å². The molecule has 36 heavy (non-hydrogen) atoms. The van der Waals surface area contributed by atoms with Gasteiger partial charge in [0.25, 0.3) is 5.91 Å². The van der Waals surface area contributed by atoms with E-state index in [1.54, 1.807) is 43.3 Å². The molecule has 4 rings (SSSR count). The first-order valence-corrected chi connectivity index (χ1v) is 13.0. The maximum absolute atomic E-state index is 12.5. The van der Waals surface area contributed by atoms with Crippen molar-refractivity contribution in [2.75, 3.05) is 19.8 Å². The van der Waals surface area contributed by atoms with Crippen molar-refractivity contribution in [3.63, 3.8) is 0 Å². The Balaban J connectivity index is 1.38. The zero-order valence-corrected chi connectivity index (χ0v) is 22.6. The number of hydrogen-bond donors (Lipinski definition) is 1. The van der Waals surface area contributed by atoms with Gasteiger partial charge in [-0.1, -0.05) is 45.2 Å². The van der Waals surface area contributed by atoms with Crippen LogP contribution in [0.5, 0.6) is 17.2 Å². The number of hydrogen-bond acceptors (Lipinski definition) is 5. The summed E-state index contributed by atoms with van der Waals surface area (Å²) in [4.78, 5) is 24.8. The number of ether oxygens (including phenoxy) is 3. The second kappa shape index (κ2) is 12.0. The Bertz CT molecular complexity index is 1270. The van der Waals surface area contributed by atoms with E-state index in [4.69, 9.17) is 37.4 Å². The van der Waals surface area contributed by atoms with Crippen molar-refractivity contribution in [3.8, 4) is 17.2 Å². The van der Waals surface area contributed by atoms with Crippen molar-refractivity contribution in [3.05, 3.63) is 85.8 Å². The summed E-state index contributed by atoms with van der Waals surface area (Å²) in [7, 11) is 0. The van der Waals surface area contributed by atoms with Gasteiger partial charge in [-0.2, -0.15) is 0 Å². The first kappa shape index (κ1) is 26.3. The van der Waals surface area contributed by atoms with E-state index >= 15 is 0 Å². The molecule has 3 aromatic carbocycles. The van der Waals surface area contributed by atoms with Crippen LogP contribution in [0.4, 0.5) is 0 Å². The topological polar surface area (TPSA) is 73.9 Å². The Morgan fingerprint density at radius 1 is 1.08 bits per heavy atom. The van der Waals surface area contributed by atoms with Crippen LogP contribution in [0.25, 0.3) is 0 Å². The molecular weight excluding hydrogens is 569 g/mol. The number of esters is 1. The molecule has 1 aliphatic rings. The molecule has 1 heterocycles. The fourth-order valence-electron chi connectivity index (χ4n) is 3.89. The molecule has 1 N–H and O–H groups in total. The average molecular weight is 593 g/mol. The monoisotopic (exact) mass is 591 g/mol. The van der Waals surface area contributed by atoms with Gasteiger partial charge in [-0.25, -0.2) is 0 Å². The number of benzene rings is 3. The highest BCUT2D eigenvalue weighted by Gasteiger charge is 2.30. The predicted octanol–water partition coefficient (Wildman–Crippen LogP) is 6.95. The van der Waals surface area contributed by atoms with Gasteiger partial charge in [0.15, 0.2) is 0 Å². The van der Waals surface area contributed by atoms with Crippen molar-refractivity contribution in [2.45, 2.75) is 25.7 Å². The first-order chi connectivity index (χ1) is 17.4. The van der Waals surface area contributed by atoms with Crippen molar-refractivity contribution >= 4 is 51.0 Å². The van der Waals surface area contributed by atoms with E-state index in [0.29, 0.717) is 71.0 Å². The van der Waals surface area contributed by atoms with E-state index in [1.165, 1.54) is 0 Å². The largest absolute Gasteiger partial charge is 0.493 e. The number of fused-ring (bicyclic) bond motifs is 1. The molecular formula is C27H24BrCl2NO5. The Morgan fingerprint density at radius 2 is 1.86 bits per heavy atom. The summed E-state index contributed by atoms with van der Waals surface area (Å²) in [6.45, 7) is 2.94. The summed E-state index contributed by atoms with van der Waals surface area (Å²) in [6.07, 6.45) is 1.15. The van der Waals surface area contributed by atoms with E-state index < -0.39 is 5.92 Å². The van der Waals surface area contributed by atoms with Crippen LogP contribution >= 0.6 is 39.1 Å². The van der Waals surface area contributed by atoms with Gasteiger partial charge < -0.3 is 19.5 Å².